The van der Waals surface area contributed by atoms with Crippen LogP contribution in [0.1, 0.15) is 26.7 Å². The predicted octanol–water partition coefficient (Wildman–Crippen LogP) is 2.37. The molecule has 0 spiro atoms. The van der Waals surface area contributed by atoms with Crippen LogP contribution in [-0.4, -0.2) is 29.6 Å². The first-order valence-corrected chi connectivity index (χ1v) is 6.04. The summed E-state index contributed by atoms with van der Waals surface area (Å²) < 4.78 is 0. The Labute approximate surface area is 69.7 Å². The minimum Gasteiger partial charge on any atom is -0.481 e. The summed E-state index contributed by atoms with van der Waals surface area (Å²) in [6, 6.07) is 0. The second kappa shape index (κ2) is 6.60. The number of hydrogen-bond acceptors (Lipinski definition) is 1. The van der Waals surface area contributed by atoms with E-state index in [1.165, 1.54) is 0 Å². The monoisotopic (exact) mass is 176 g/mol. The Morgan fingerprint density at radius 1 is 1.27 bits per heavy atom. The van der Waals surface area contributed by atoms with Crippen molar-refractivity contribution in [2.24, 2.45) is 0 Å². The van der Waals surface area contributed by atoms with Gasteiger partial charge in [0.2, 0.25) is 0 Å². The molecular formula is C8H17O2P. The van der Waals surface area contributed by atoms with Gasteiger partial charge in [0.05, 0.1) is 6.16 Å². The molecule has 0 bridgehead atoms. The van der Waals surface area contributed by atoms with E-state index in [9.17, 15) is 4.79 Å². The molecule has 0 atom stereocenters. The number of hydrogen-bond donors (Lipinski definition) is 1. The fourth-order valence-corrected chi connectivity index (χ4v) is 3.28. The number of aliphatic carboxylic acids is 1. The van der Waals surface area contributed by atoms with E-state index in [2.05, 4.69) is 13.8 Å². The molecule has 0 amide bonds. The third-order valence-corrected chi connectivity index (χ3v) is 4.32. The summed E-state index contributed by atoms with van der Waals surface area (Å²) in [4.78, 5) is 10.4. The van der Waals surface area contributed by atoms with Crippen LogP contribution in [0.2, 0.25) is 0 Å². The highest BCUT2D eigenvalue weighted by molar-refractivity contribution is 7.58. The van der Waals surface area contributed by atoms with Gasteiger partial charge in [0.1, 0.15) is 0 Å². The Morgan fingerprint density at radius 2 is 1.73 bits per heavy atom. The van der Waals surface area contributed by atoms with Crippen molar-refractivity contribution in [2.75, 3.05) is 18.5 Å². The van der Waals surface area contributed by atoms with E-state index in [1.54, 1.807) is 0 Å². The normalized spacial score (nSPS) is 10.5. The Kier molecular flexibility index (Phi) is 6.54. The van der Waals surface area contributed by atoms with E-state index in [-0.39, 0.29) is 7.92 Å². The van der Waals surface area contributed by atoms with Gasteiger partial charge in [0.25, 0.3) is 0 Å². The van der Waals surface area contributed by atoms with Crippen LogP contribution in [0.25, 0.3) is 0 Å². The van der Waals surface area contributed by atoms with Crippen molar-refractivity contribution in [1.29, 1.82) is 0 Å². The molecule has 0 heterocycles. The first kappa shape index (κ1) is 10.9. The second-order valence-corrected chi connectivity index (χ2v) is 5.22. The van der Waals surface area contributed by atoms with Gasteiger partial charge in [-0.25, -0.2) is 0 Å². The first-order valence-electron chi connectivity index (χ1n) is 4.14. The molecule has 0 saturated carbocycles. The molecule has 11 heavy (non-hydrogen) atoms. The van der Waals surface area contributed by atoms with Gasteiger partial charge < -0.3 is 5.11 Å². The molecule has 0 radical (unpaired) electrons. The molecule has 0 aromatic rings. The van der Waals surface area contributed by atoms with Gasteiger partial charge in [0.15, 0.2) is 0 Å². The van der Waals surface area contributed by atoms with Gasteiger partial charge in [-0.2, -0.15) is 0 Å². The molecular weight excluding hydrogens is 159 g/mol. The zero-order valence-corrected chi connectivity index (χ0v) is 8.23. The van der Waals surface area contributed by atoms with Gasteiger partial charge in [-0.3, -0.25) is 4.79 Å². The van der Waals surface area contributed by atoms with Crippen LogP contribution in [0.15, 0.2) is 0 Å². The molecule has 2 nitrogen and oxygen atoms in total. The minimum atomic E-state index is -0.627. The topological polar surface area (TPSA) is 37.3 Å². The van der Waals surface area contributed by atoms with Crippen molar-refractivity contribution in [3.8, 4) is 0 Å². The minimum absolute atomic E-state index is 0.200. The largest absolute Gasteiger partial charge is 0.481 e. The third kappa shape index (κ3) is 6.30. The molecule has 0 aromatic heterocycles. The number of carboxylic acids is 1. The lowest BCUT2D eigenvalue weighted by Gasteiger charge is -2.12. The van der Waals surface area contributed by atoms with Crippen LogP contribution in [0.5, 0.6) is 0 Å². The summed E-state index contributed by atoms with van der Waals surface area (Å²) in [5.74, 6) is -0.627. The van der Waals surface area contributed by atoms with Crippen molar-refractivity contribution < 1.29 is 9.90 Å². The van der Waals surface area contributed by atoms with Gasteiger partial charge in [-0.05, 0) is 12.3 Å². The highest BCUT2D eigenvalue weighted by Crippen LogP contribution is 2.36. The molecule has 3 heteroatoms. The molecule has 66 valence electrons. The molecule has 0 rings (SSSR count). The predicted molar refractivity (Wildman–Crippen MR) is 49.7 cm³/mol. The van der Waals surface area contributed by atoms with Crippen molar-refractivity contribution in [2.45, 2.75) is 26.7 Å². The molecule has 1 N–H and O–H groups in total. The zero-order chi connectivity index (χ0) is 8.69. The maximum Gasteiger partial charge on any atom is 0.307 e. The molecule has 0 saturated heterocycles. The number of carbonyl (C=O) groups is 1. The quantitative estimate of drug-likeness (QED) is 0.631. The smallest absolute Gasteiger partial charge is 0.307 e. The highest BCUT2D eigenvalue weighted by atomic mass is 31.1. The van der Waals surface area contributed by atoms with Crippen molar-refractivity contribution in [1.82, 2.24) is 0 Å². The number of carboxylic acid groups (broad SMARTS) is 1. The summed E-state index contributed by atoms with van der Waals surface area (Å²) in [6.07, 6.45) is 4.90. The lowest BCUT2D eigenvalue weighted by molar-refractivity contribution is -0.134. The van der Waals surface area contributed by atoms with Crippen LogP contribution >= 0.6 is 7.92 Å². The van der Waals surface area contributed by atoms with Crippen molar-refractivity contribution >= 4 is 13.9 Å². The van der Waals surface area contributed by atoms with E-state index in [0.717, 1.165) is 25.2 Å². The van der Waals surface area contributed by atoms with Crippen LogP contribution in [0.4, 0.5) is 0 Å². The SMILES string of the molecule is CCCP(CCC)CC(=O)O. The van der Waals surface area contributed by atoms with Gasteiger partial charge in [0, 0.05) is 0 Å². The third-order valence-electron chi connectivity index (χ3n) is 1.44. The van der Waals surface area contributed by atoms with Crippen LogP contribution in [-0.2, 0) is 4.79 Å². The Bertz CT molecular complexity index is 109. The molecule has 0 aromatic carbocycles. The standard InChI is InChI=1S/C8H17O2P/c1-3-5-11(6-4-2)7-8(9)10/h3-7H2,1-2H3,(H,9,10). The van der Waals surface area contributed by atoms with Gasteiger partial charge in [-0.15, -0.1) is 0 Å². The van der Waals surface area contributed by atoms with E-state index < -0.39 is 5.97 Å². The Morgan fingerprint density at radius 3 is 2.00 bits per heavy atom. The van der Waals surface area contributed by atoms with Gasteiger partial charge in [-0.1, -0.05) is 34.6 Å². The molecule has 0 aliphatic carbocycles. The second-order valence-electron chi connectivity index (χ2n) is 2.67. The molecule has 0 aliphatic rings. The fraction of sp³-hybridized carbons (Fsp3) is 0.875. The average Bonchev–Trinajstić information content (AvgIpc) is 1.87. The molecule has 0 aliphatic heterocycles. The maximum atomic E-state index is 10.4. The van der Waals surface area contributed by atoms with Crippen LogP contribution < -0.4 is 0 Å². The van der Waals surface area contributed by atoms with Crippen molar-refractivity contribution in [3.63, 3.8) is 0 Å². The summed E-state index contributed by atoms with van der Waals surface area (Å²) >= 11 is 0. The van der Waals surface area contributed by atoms with Crippen LogP contribution in [0, 0.1) is 0 Å². The average molecular weight is 176 g/mol. The summed E-state index contributed by atoms with van der Waals surface area (Å²) in [5.41, 5.74) is 0. The first-order chi connectivity index (χ1) is 5.20. The van der Waals surface area contributed by atoms with Crippen LogP contribution in [0.3, 0.4) is 0 Å². The highest BCUT2D eigenvalue weighted by Gasteiger charge is 2.09. The Balaban J connectivity index is 3.59. The lowest BCUT2D eigenvalue weighted by Crippen LogP contribution is -2.04. The fourth-order valence-electron chi connectivity index (χ4n) is 1.09. The summed E-state index contributed by atoms with van der Waals surface area (Å²) in [7, 11) is -0.200. The number of rotatable bonds is 6. The zero-order valence-electron chi connectivity index (χ0n) is 7.34. The van der Waals surface area contributed by atoms with E-state index in [1.807, 2.05) is 0 Å². The molecule has 0 unspecified atom stereocenters. The lowest BCUT2D eigenvalue weighted by atomic mass is 10.6. The van der Waals surface area contributed by atoms with E-state index in [0.29, 0.717) is 6.16 Å². The summed E-state index contributed by atoms with van der Waals surface area (Å²) in [6.45, 7) is 4.24. The Hall–Kier alpha value is -0.100. The van der Waals surface area contributed by atoms with E-state index in [4.69, 9.17) is 5.11 Å². The summed E-state index contributed by atoms with van der Waals surface area (Å²) in [5, 5.41) is 8.55. The maximum absolute atomic E-state index is 10.4. The van der Waals surface area contributed by atoms with Gasteiger partial charge >= 0.3 is 5.97 Å². The van der Waals surface area contributed by atoms with E-state index >= 15 is 0 Å². The van der Waals surface area contributed by atoms with Crippen molar-refractivity contribution in [3.05, 3.63) is 0 Å². The molecule has 0 fully saturated rings.